The number of hydrogen-bond acceptors (Lipinski definition) is 4. The molecule has 0 saturated carbocycles. The van der Waals surface area contributed by atoms with Crippen LogP contribution in [0.15, 0.2) is 60.8 Å². The Hall–Kier alpha value is -2.95. The minimum absolute atomic E-state index is 0.0662. The van der Waals surface area contributed by atoms with Crippen LogP contribution in [-0.4, -0.2) is 9.91 Å². The number of benzene rings is 2. The second-order valence-electron chi connectivity index (χ2n) is 4.63. The standard InChI is InChI=1S/C16H13N3O2/c20-19(21)16-13(11-18-14-6-2-1-3-7-14)9-8-12-5-4-10-17-15(12)16/h1-10,18H,11H2. The van der Waals surface area contributed by atoms with Crippen LogP contribution in [-0.2, 0) is 6.54 Å². The van der Waals surface area contributed by atoms with Crippen molar-refractivity contribution in [2.24, 2.45) is 0 Å². The zero-order valence-electron chi connectivity index (χ0n) is 11.2. The van der Waals surface area contributed by atoms with Gasteiger partial charge in [0.15, 0.2) is 0 Å². The van der Waals surface area contributed by atoms with E-state index in [0.717, 1.165) is 11.1 Å². The number of fused-ring (bicyclic) bond motifs is 1. The summed E-state index contributed by atoms with van der Waals surface area (Å²) in [6.07, 6.45) is 1.57. The van der Waals surface area contributed by atoms with Gasteiger partial charge < -0.3 is 5.32 Å². The van der Waals surface area contributed by atoms with E-state index in [1.807, 2.05) is 42.5 Å². The third-order valence-corrected chi connectivity index (χ3v) is 3.27. The van der Waals surface area contributed by atoms with Crippen LogP contribution in [0.2, 0.25) is 0 Å². The lowest BCUT2D eigenvalue weighted by molar-refractivity contribution is -0.383. The van der Waals surface area contributed by atoms with Crippen molar-refractivity contribution in [1.29, 1.82) is 0 Å². The molecule has 0 spiro atoms. The van der Waals surface area contributed by atoms with Gasteiger partial charge in [0.2, 0.25) is 0 Å². The maximum atomic E-state index is 11.4. The predicted octanol–water partition coefficient (Wildman–Crippen LogP) is 3.76. The third kappa shape index (κ3) is 2.67. The molecule has 5 nitrogen and oxygen atoms in total. The Bertz CT molecular complexity index is 788. The normalized spacial score (nSPS) is 10.5. The molecule has 5 heteroatoms. The van der Waals surface area contributed by atoms with Crippen molar-refractivity contribution in [2.45, 2.75) is 6.54 Å². The van der Waals surface area contributed by atoms with E-state index in [9.17, 15) is 10.1 Å². The van der Waals surface area contributed by atoms with E-state index in [2.05, 4.69) is 10.3 Å². The lowest BCUT2D eigenvalue weighted by Crippen LogP contribution is -2.04. The van der Waals surface area contributed by atoms with Gasteiger partial charge in [0, 0.05) is 23.8 Å². The minimum Gasteiger partial charge on any atom is -0.381 e. The van der Waals surface area contributed by atoms with Crippen molar-refractivity contribution in [2.75, 3.05) is 5.32 Å². The number of anilines is 1. The lowest BCUT2D eigenvalue weighted by Gasteiger charge is -2.08. The molecule has 0 saturated heterocycles. The molecule has 1 aromatic heterocycles. The van der Waals surface area contributed by atoms with Gasteiger partial charge in [0.05, 0.1) is 10.5 Å². The summed E-state index contributed by atoms with van der Waals surface area (Å²) < 4.78 is 0. The number of nitro benzene ring substituents is 1. The summed E-state index contributed by atoms with van der Waals surface area (Å²) in [4.78, 5) is 15.2. The Morgan fingerprint density at radius 2 is 1.86 bits per heavy atom. The molecule has 0 aliphatic heterocycles. The fraction of sp³-hybridized carbons (Fsp3) is 0.0625. The van der Waals surface area contributed by atoms with Gasteiger partial charge in [-0.3, -0.25) is 10.1 Å². The van der Waals surface area contributed by atoms with Gasteiger partial charge in [-0.25, -0.2) is 4.98 Å². The molecule has 0 atom stereocenters. The highest BCUT2D eigenvalue weighted by atomic mass is 16.6. The van der Waals surface area contributed by atoms with Crippen molar-refractivity contribution in [3.05, 3.63) is 76.5 Å². The number of nitrogens with zero attached hydrogens (tertiary/aromatic N) is 2. The van der Waals surface area contributed by atoms with Crippen molar-refractivity contribution in [3.8, 4) is 0 Å². The van der Waals surface area contributed by atoms with E-state index in [4.69, 9.17) is 0 Å². The molecule has 0 aliphatic carbocycles. The number of pyridine rings is 1. The van der Waals surface area contributed by atoms with Crippen LogP contribution in [0.4, 0.5) is 11.4 Å². The molecule has 0 bridgehead atoms. The van der Waals surface area contributed by atoms with Gasteiger partial charge in [-0.15, -0.1) is 0 Å². The van der Waals surface area contributed by atoms with Crippen molar-refractivity contribution < 1.29 is 4.92 Å². The SMILES string of the molecule is O=[N+]([O-])c1c(CNc2ccccc2)ccc2cccnc12. The van der Waals surface area contributed by atoms with E-state index in [1.54, 1.807) is 18.3 Å². The monoisotopic (exact) mass is 279 g/mol. The number of para-hydroxylation sites is 1. The zero-order valence-corrected chi connectivity index (χ0v) is 11.2. The molecule has 3 aromatic rings. The summed E-state index contributed by atoms with van der Waals surface area (Å²) in [7, 11) is 0. The largest absolute Gasteiger partial charge is 0.381 e. The van der Waals surface area contributed by atoms with Gasteiger partial charge >= 0.3 is 0 Å². The number of rotatable bonds is 4. The Morgan fingerprint density at radius 1 is 1.05 bits per heavy atom. The molecule has 2 aromatic carbocycles. The Morgan fingerprint density at radius 3 is 2.62 bits per heavy atom. The van der Waals surface area contributed by atoms with Crippen LogP contribution in [0, 0.1) is 10.1 Å². The minimum atomic E-state index is -0.364. The van der Waals surface area contributed by atoms with Crippen LogP contribution in [0.5, 0.6) is 0 Å². The maximum absolute atomic E-state index is 11.4. The molecular weight excluding hydrogens is 266 g/mol. The molecule has 0 unspecified atom stereocenters. The Kier molecular flexibility index (Phi) is 3.47. The van der Waals surface area contributed by atoms with Gasteiger partial charge in [0.1, 0.15) is 5.52 Å². The van der Waals surface area contributed by atoms with Gasteiger partial charge in [0.25, 0.3) is 5.69 Å². The summed E-state index contributed by atoms with van der Waals surface area (Å²) in [5.41, 5.74) is 2.04. The number of nitro groups is 1. The molecule has 0 radical (unpaired) electrons. The van der Waals surface area contributed by atoms with E-state index < -0.39 is 0 Å². The number of nitrogens with one attached hydrogen (secondary N) is 1. The topological polar surface area (TPSA) is 68.1 Å². The van der Waals surface area contributed by atoms with Crippen LogP contribution in [0.1, 0.15) is 5.56 Å². The number of aromatic nitrogens is 1. The first-order valence-electron chi connectivity index (χ1n) is 6.55. The van der Waals surface area contributed by atoms with Gasteiger partial charge in [-0.2, -0.15) is 0 Å². The second kappa shape index (κ2) is 5.58. The van der Waals surface area contributed by atoms with Crippen molar-refractivity contribution in [1.82, 2.24) is 4.98 Å². The first kappa shape index (κ1) is 13.1. The highest BCUT2D eigenvalue weighted by Gasteiger charge is 2.19. The molecule has 0 fully saturated rings. The summed E-state index contributed by atoms with van der Waals surface area (Å²) >= 11 is 0. The van der Waals surface area contributed by atoms with Crippen LogP contribution in [0.25, 0.3) is 10.9 Å². The molecule has 0 amide bonds. The van der Waals surface area contributed by atoms with Crippen LogP contribution >= 0.6 is 0 Å². The highest BCUT2D eigenvalue weighted by Crippen LogP contribution is 2.28. The quantitative estimate of drug-likeness (QED) is 0.583. The van der Waals surface area contributed by atoms with E-state index in [-0.39, 0.29) is 10.6 Å². The fourth-order valence-corrected chi connectivity index (χ4v) is 2.27. The van der Waals surface area contributed by atoms with Gasteiger partial charge in [-0.05, 0) is 24.3 Å². The van der Waals surface area contributed by atoms with Gasteiger partial charge in [-0.1, -0.05) is 30.3 Å². The van der Waals surface area contributed by atoms with Crippen molar-refractivity contribution in [3.63, 3.8) is 0 Å². The fourth-order valence-electron chi connectivity index (χ4n) is 2.27. The van der Waals surface area contributed by atoms with E-state index in [0.29, 0.717) is 17.6 Å². The molecule has 1 heterocycles. The summed E-state index contributed by atoms with van der Waals surface area (Å²) in [5.74, 6) is 0. The Labute approximate surface area is 121 Å². The average molecular weight is 279 g/mol. The maximum Gasteiger partial charge on any atom is 0.300 e. The third-order valence-electron chi connectivity index (χ3n) is 3.27. The summed E-state index contributed by atoms with van der Waals surface area (Å²) in [6.45, 7) is 0.382. The first-order valence-corrected chi connectivity index (χ1v) is 6.55. The first-order chi connectivity index (χ1) is 10.3. The smallest absolute Gasteiger partial charge is 0.300 e. The van der Waals surface area contributed by atoms with Crippen LogP contribution < -0.4 is 5.32 Å². The van der Waals surface area contributed by atoms with E-state index >= 15 is 0 Å². The summed E-state index contributed by atoms with van der Waals surface area (Å²) in [5, 5.41) is 15.3. The second-order valence-corrected chi connectivity index (χ2v) is 4.63. The van der Waals surface area contributed by atoms with E-state index in [1.165, 1.54) is 0 Å². The molecule has 1 N–H and O–H groups in total. The van der Waals surface area contributed by atoms with Crippen LogP contribution in [0.3, 0.4) is 0 Å². The summed E-state index contributed by atoms with van der Waals surface area (Å²) in [6, 6.07) is 16.8. The lowest BCUT2D eigenvalue weighted by atomic mass is 10.1. The molecule has 0 aliphatic rings. The predicted molar refractivity (Wildman–Crippen MR) is 82.2 cm³/mol. The molecule has 21 heavy (non-hydrogen) atoms. The molecular formula is C16H13N3O2. The van der Waals surface area contributed by atoms with Crippen molar-refractivity contribution >= 4 is 22.3 Å². The Balaban J connectivity index is 1.98. The highest BCUT2D eigenvalue weighted by molar-refractivity contribution is 5.88. The average Bonchev–Trinajstić information content (AvgIpc) is 2.53. The zero-order chi connectivity index (χ0) is 14.7. The molecule has 3 rings (SSSR count). The number of hydrogen-bond donors (Lipinski definition) is 1. The molecule has 104 valence electrons.